The topological polar surface area (TPSA) is 78.4 Å². The van der Waals surface area contributed by atoms with Gasteiger partial charge < -0.3 is 15.7 Å². The summed E-state index contributed by atoms with van der Waals surface area (Å²) < 4.78 is 0. The highest BCUT2D eigenvalue weighted by atomic mass is 16.4. The molecule has 0 spiro atoms. The Hall–Kier alpha value is -1.26. The molecule has 0 saturated heterocycles. The van der Waals surface area contributed by atoms with Crippen LogP contribution in [0.4, 0.5) is 4.79 Å². The highest BCUT2D eigenvalue weighted by Gasteiger charge is 2.32. The number of carboxylic acid groups (broad SMARTS) is 1. The van der Waals surface area contributed by atoms with Crippen molar-refractivity contribution in [2.24, 2.45) is 17.8 Å². The molecule has 0 aromatic rings. The van der Waals surface area contributed by atoms with Crippen molar-refractivity contribution in [1.82, 2.24) is 10.6 Å². The number of nitrogens with one attached hydrogen (secondary N) is 2. The van der Waals surface area contributed by atoms with Crippen molar-refractivity contribution in [2.45, 2.75) is 33.1 Å². The van der Waals surface area contributed by atoms with Crippen LogP contribution in [-0.4, -0.2) is 30.2 Å². The Bertz CT molecular complexity index is 281. The van der Waals surface area contributed by atoms with Crippen LogP contribution in [0, 0.1) is 17.8 Å². The Morgan fingerprint density at radius 2 is 2.06 bits per heavy atom. The molecule has 3 unspecified atom stereocenters. The first-order valence-electron chi connectivity index (χ1n) is 6.25. The molecule has 1 saturated carbocycles. The molecule has 3 atom stereocenters. The number of carbonyl (C=O) groups excluding carboxylic acids is 1. The Labute approximate surface area is 102 Å². The molecular formula is C12H22N2O3. The lowest BCUT2D eigenvalue weighted by Gasteiger charge is -2.08. The summed E-state index contributed by atoms with van der Waals surface area (Å²) in [4.78, 5) is 21.9. The standard InChI is InChI=1S/C12H22N2O3/c1-8(11(15)16)4-3-5-13-12(17)14-7-10-6-9(10)2/h8-10H,3-7H2,1-2H3,(H,15,16)(H2,13,14,17). The van der Waals surface area contributed by atoms with Gasteiger partial charge in [0.05, 0.1) is 5.92 Å². The molecule has 5 heteroatoms. The van der Waals surface area contributed by atoms with E-state index in [1.165, 1.54) is 6.42 Å². The molecule has 3 N–H and O–H groups in total. The summed E-state index contributed by atoms with van der Waals surface area (Å²) in [6.07, 6.45) is 2.49. The molecule has 0 bridgehead atoms. The van der Waals surface area contributed by atoms with Crippen LogP contribution in [0.15, 0.2) is 0 Å². The van der Waals surface area contributed by atoms with E-state index in [-0.39, 0.29) is 11.9 Å². The molecule has 1 aliphatic carbocycles. The third kappa shape index (κ3) is 5.56. The second-order valence-electron chi connectivity index (χ2n) is 4.99. The number of carbonyl (C=O) groups is 2. The van der Waals surface area contributed by atoms with Gasteiger partial charge >= 0.3 is 12.0 Å². The SMILES string of the molecule is CC(CCCNC(=O)NCC1CC1C)C(=O)O. The van der Waals surface area contributed by atoms with E-state index in [4.69, 9.17) is 5.11 Å². The van der Waals surface area contributed by atoms with Crippen molar-refractivity contribution in [2.75, 3.05) is 13.1 Å². The molecule has 0 aromatic carbocycles. The lowest BCUT2D eigenvalue weighted by molar-refractivity contribution is -0.141. The smallest absolute Gasteiger partial charge is 0.314 e. The van der Waals surface area contributed by atoms with Gasteiger partial charge in [-0.15, -0.1) is 0 Å². The second kappa shape index (κ2) is 6.47. The van der Waals surface area contributed by atoms with Gasteiger partial charge in [-0.25, -0.2) is 4.79 Å². The van der Waals surface area contributed by atoms with E-state index >= 15 is 0 Å². The average Bonchev–Trinajstić information content (AvgIpc) is 2.97. The molecule has 2 amide bonds. The van der Waals surface area contributed by atoms with Crippen LogP contribution >= 0.6 is 0 Å². The van der Waals surface area contributed by atoms with Crippen molar-refractivity contribution < 1.29 is 14.7 Å². The Kier molecular flexibility index (Phi) is 5.25. The maximum Gasteiger partial charge on any atom is 0.314 e. The number of amides is 2. The number of hydrogen-bond acceptors (Lipinski definition) is 2. The minimum Gasteiger partial charge on any atom is -0.481 e. The van der Waals surface area contributed by atoms with E-state index in [1.807, 2.05) is 0 Å². The maximum atomic E-state index is 11.3. The summed E-state index contributed by atoms with van der Waals surface area (Å²) in [6.45, 7) is 5.14. The molecule has 17 heavy (non-hydrogen) atoms. The van der Waals surface area contributed by atoms with Crippen LogP contribution in [-0.2, 0) is 4.79 Å². The molecule has 0 aromatic heterocycles. The van der Waals surface area contributed by atoms with Crippen molar-refractivity contribution in [3.05, 3.63) is 0 Å². The van der Waals surface area contributed by atoms with E-state index in [0.717, 1.165) is 12.5 Å². The minimum atomic E-state index is -0.780. The summed E-state index contributed by atoms with van der Waals surface area (Å²) in [5.74, 6) is 0.267. The lowest BCUT2D eigenvalue weighted by Crippen LogP contribution is -2.37. The summed E-state index contributed by atoms with van der Waals surface area (Å²) in [5, 5.41) is 14.2. The third-order valence-corrected chi connectivity index (χ3v) is 3.32. The fourth-order valence-electron chi connectivity index (χ4n) is 1.70. The average molecular weight is 242 g/mol. The first kappa shape index (κ1) is 13.8. The fourth-order valence-corrected chi connectivity index (χ4v) is 1.70. The van der Waals surface area contributed by atoms with Crippen molar-refractivity contribution in [3.63, 3.8) is 0 Å². The van der Waals surface area contributed by atoms with Gasteiger partial charge in [0.2, 0.25) is 0 Å². The summed E-state index contributed by atoms with van der Waals surface area (Å²) >= 11 is 0. The van der Waals surface area contributed by atoms with Crippen LogP contribution in [0.5, 0.6) is 0 Å². The molecular weight excluding hydrogens is 220 g/mol. The Morgan fingerprint density at radius 3 is 2.59 bits per heavy atom. The summed E-state index contributed by atoms with van der Waals surface area (Å²) in [5.41, 5.74) is 0. The lowest BCUT2D eigenvalue weighted by atomic mass is 10.1. The highest BCUT2D eigenvalue weighted by Crippen LogP contribution is 2.36. The van der Waals surface area contributed by atoms with Gasteiger partial charge in [0.1, 0.15) is 0 Å². The van der Waals surface area contributed by atoms with E-state index in [1.54, 1.807) is 6.92 Å². The predicted molar refractivity (Wildman–Crippen MR) is 64.7 cm³/mol. The molecule has 5 nitrogen and oxygen atoms in total. The van der Waals surface area contributed by atoms with Crippen LogP contribution in [0.25, 0.3) is 0 Å². The normalized spacial score (nSPS) is 23.9. The number of hydrogen-bond donors (Lipinski definition) is 3. The van der Waals surface area contributed by atoms with E-state index in [9.17, 15) is 9.59 Å². The zero-order valence-corrected chi connectivity index (χ0v) is 10.5. The molecule has 0 aliphatic heterocycles. The van der Waals surface area contributed by atoms with Crippen molar-refractivity contribution in [1.29, 1.82) is 0 Å². The first-order valence-corrected chi connectivity index (χ1v) is 6.25. The zero-order chi connectivity index (χ0) is 12.8. The molecule has 0 radical (unpaired) electrons. The third-order valence-electron chi connectivity index (χ3n) is 3.32. The van der Waals surface area contributed by atoms with Crippen LogP contribution in [0.1, 0.15) is 33.1 Å². The molecule has 0 heterocycles. The van der Waals surface area contributed by atoms with Gasteiger partial charge in [-0.3, -0.25) is 4.79 Å². The minimum absolute atomic E-state index is 0.146. The number of carboxylic acids is 1. The van der Waals surface area contributed by atoms with Crippen LogP contribution < -0.4 is 10.6 Å². The first-order chi connectivity index (χ1) is 8.00. The predicted octanol–water partition coefficient (Wildman–Crippen LogP) is 1.44. The monoisotopic (exact) mass is 242 g/mol. The Balaban J connectivity index is 1.94. The highest BCUT2D eigenvalue weighted by molar-refractivity contribution is 5.73. The fraction of sp³-hybridized carbons (Fsp3) is 0.833. The quantitative estimate of drug-likeness (QED) is 0.591. The number of urea groups is 1. The van der Waals surface area contributed by atoms with Crippen molar-refractivity contribution >= 4 is 12.0 Å². The molecule has 1 aliphatic rings. The van der Waals surface area contributed by atoms with E-state index in [0.29, 0.717) is 25.3 Å². The van der Waals surface area contributed by atoms with Crippen LogP contribution in [0.2, 0.25) is 0 Å². The second-order valence-corrected chi connectivity index (χ2v) is 4.99. The van der Waals surface area contributed by atoms with Gasteiger partial charge in [-0.05, 0) is 31.1 Å². The van der Waals surface area contributed by atoms with Gasteiger partial charge in [0, 0.05) is 13.1 Å². The Morgan fingerprint density at radius 1 is 1.41 bits per heavy atom. The van der Waals surface area contributed by atoms with E-state index in [2.05, 4.69) is 17.6 Å². The van der Waals surface area contributed by atoms with Gasteiger partial charge in [0.15, 0.2) is 0 Å². The number of aliphatic carboxylic acids is 1. The van der Waals surface area contributed by atoms with Gasteiger partial charge in [-0.1, -0.05) is 13.8 Å². The van der Waals surface area contributed by atoms with Gasteiger partial charge in [-0.2, -0.15) is 0 Å². The van der Waals surface area contributed by atoms with E-state index < -0.39 is 5.97 Å². The largest absolute Gasteiger partial charge is 0.481 e. The molecule has 1 rings (SSSR count). The van der Waals surface area contributed by atoms with Crippen molar-refractivity contribution in [3.8, 4) is 0 Å². The molecule has 98 valence electrons. The maximum absolute atomic E-state index is 11.3. The van der Waals surface area contributed by atoms with Crippen LogP contribution in [0.3, 0.4) is 0 Å². The number of rotatable bonds is 7. The zero-order valence-electron chi connectivity index (χ0n) is 10.5. The summed E-state index contributed by atoms with van der Waals surface area (Å²) in [7, 11) is 0. The van der Waals surface area contributed by atoms with Gasteiger partial charge in [0.25, 0.3) is 0 Å². The molecule has 1 fully saturated rings. The summed E-state index contributed by atoms with van der Waals surface area (Å²) in [6, 6.07) is -0.146.